The van der Waals surface area contributed by atoms with Crippen molar-refractivity contribution >= 4 is 5.69 Å². The highest BCUT2D eigenvalue weighted by Gasteiger charge is 2.11. The molecule has 2 aromatic carbocycles. The number of rotatable bonds is 10. The van der Waals surface area contributed by atoms with Gasteiger partial charge in [-0.3, -0.25) is 4.90 Å². The lowest BCUT2D eigenvalue weighted by Crippen LogP contribution is -2.33. The normalized spacial score (nSPS) is 14.4. The minimum atomic E-state index is 0.748. The van der Waals surface area contributed by atoms with Crippen LogP contribution in [0.2, 0.25) is 0 Å². The molecule has 1 aliphatic heterocycles. The second-order valence-electron chi connectivity index (χ2n) is 7.45. The average Bonchev–Trinajstić information content (AvgIpc) is 2.78. The number of hydrogen-bond acceptors (Lipinski definition) is 5. The zero-order valence-corrected chi connectivity index (χ0v) is 18.0. The maximum atomic E-state index is 5.95. The first-order chi connectivity index (χ1) is 14.2. The molecular weight excluding hydrogens is 364 g/mol. The summed E-state index contributed by atoms with van der Waals surface area (Å²) in [6.45, 7) is 8.10. The van der Waals surface area contributed by atoms with Crippen molar-refractivity contribution in [2.24, 2.45) is 0 Å². The van der Waals surface area contributed by atoms with E-state index < -0.39 is 0 Å². The van der Waals surface area contributed by atoms with Crippen molar-refractivity contribution in [3.8, 4) is 17.2 Å². The zero-order valence-electron chi connectivity index (χ0n) is 18.0. The van der Waals surface area contributed by atoms with Crippen molar-refractivity contribution in [1.82, 2.24) is 4.90 Å². The maximum Gasteiger partial charge on any atom is 0.162 e. The van der Waals surface area contributed by atoms with Crippen LogP contribution in [0, 0.1) is 0 Å². The van der Waals surface area contributed by atoms with Crippen molar-refractivity contribution in [3.05, 3.63) is 48.0 Å². The van der Waals surface area contributed by atoms with Crippen molar-refractivity contribution in [2.45, 2.75) is 32.7 Å². The third-order valence-corrected chi connectivity index (χ3v) is 5.54. The molecular formula is C24H34N2O3. The monoisotopic (exact) mass is 398 g/mol. The van der Waals surface area contributed by atoms with E-state index in [0.717, 1.165) is 49.2 Å². The van der Waals surface area contributed by atoms with Crippen LogP contribution in [0.25, 0.3) is 0 Å². The standard InChI is InChI=1S/C24H34N2O3/c1-4-26(21-10-13-23(27-2)24(18-21)28-3)19-20-8-11-22(12-9-20)29-17-16-25-14-6-5-7-15-25/h8-13,18H,4-7,14-17,19H2,1-3H3. The molecule has 0 saturated carbocycles. The fourth-order valence-corrected chi connectivity index (χ4v) is 3.79. The lowest BCUT2D eigenvalue weighted by molar-refractivity contribution is 0.183. The minimum absolute atomic E-state index is 0.748. The molecule has 0 bridgehead atoms. The molecule has 0 N–H and O–H groups in total. The highest BCUT2D eigenvalue weighted by atomic mass is 16.5. The van der Waals surface area contributed by atoms with E-state index in [-0.39, 0.29) is 0 Å². The van der Waals surface area contributed by atoms with E-state index in [1.165, 1.54) is 37.9 Å². The fraction of sp³-hybridized carbons (Fsp3) is 0.500. The van der Waals surface area contributed by atoms with Crippen LogP contribution < -0.4 is 19.1 Å². The lowest BCUT2D eigenvalue weighted by Gasteiger charge is -2.26. The molecule has 0 spiro atoms. The van der Waals surface area contributed by atoms with Gasteiger partial charge in [-0.15, -0.1) is 0 Å². The van der Waals surface area contributed by atoms with Crippen LogP contribution in [0.5, 0.6) is 17.2 Å². The summed E-state index contributed by atoms with van der Waals surface area (Å²) in [6, 6.07) is 14.5. The van der Waals surface area contributed by atoms with Gasteiger partial charge in [-0.25, -0.2) is 0 Å². The molecule has 0 aromatic heterocycles. The Bertz CT molecular complexity index is 742. The number of methoxy groups -OCH3 is 2. The Balaban J connectivity index is 1.54. The highest BCUT2D eigenvalue weighted by Crippen LogP contribution is 2.32. The molecule has 1 fully saturated rings. The van der Waals surface area contributed by atoms with Crippen LogP contribution in [0.3, 0.4) is 0 Å². The number of hydrogen-bond donors (Lipinski definition) is 0. The van der Waals surface area contributed by atoms with Crippen LogP contribution in [0.1, 0.15) is 31.7 Å². The molecule has 3 rings (SSSR count). The van der Waals surface area contributed by atoms with Crippen LogP contribution in [-0.2, 0) is 6.54 Å². The molecule has 0 amide bonds. The summed E-state index contributed by atoms with van der Waals surface area (Å²) < 4.78 is 16.7. The van der Waals surface area contributed by atoms with Crippen molar-refractivity contribution in [3.63, 3.8) is 0 Å². The third-order valence-electron chi connectivity index (χ3n) is 5.54. The van der Waals surface area contributed by atoms with E-state index >= 15 is 0 Å². The molecule has 1 heterocycles. The molecule has 5 nitrogen and oxygen atoms in total. The summed E-state index contributed by atoms with van der Waals surface area (Å²) >= 11 is 0. The van der Waals surface area contributed by atoms with Gasteiger partial charge in [-0.2, -0.15) is 0 Å². The number of ether oxygens (including phenoxy) is 3. The van der Waals surface area contributed by atoms with E-state index in [2.05, 4.69) is 47.1 Å². The second kappa shape index (κ2) is 11.0. The summed E-state index contributed by atoms with van der Waals surface area (Å²) in [7, 11) is 3.33. The zero-order chi connectivity index (χ0) is 20.5. The van der Waals surface area contributed by atoms with Gasteiger partial charge >= 0.3 is 0 Å². The molecule has 158 valence electrons. The number of anilines is 1. The first-order valence-corrected chi connectivity index (χ1v) is 10.6. The maximum absolute atomic E-state index is 5.95. The van der Waals surface area contributed by atoms with Crippen LogP contribution in [-0.4, -0.2) is 51.9 Å². The summed E-state index contributed by atoms with van der Waals surface area (Å²) in [5.74, 6) is 2.44. The lowest BCUT2D eigenvalue weighted by atomic mass is 10.1. The fourth-order valence-electron chi connectivity index (χ4n) is 3.79. The van der Waals surface area contributed by atoms with E-state index in [4.69, 9.17) is 14.2 Å². The van der Waals surface area contributed by atoms with Gasteiger partial charge in [0.15, 0.2) is 11.5 Å². The van der Waals surface area contributed by atoms with Crippen LogP contribution in [0.4, 0.5) is 5.69 Å². The topological polar surface area (TPSA) is 34.2 Å². The predicted molar refractivity (Wildman–Crippen MR) is 118 cm³/mol. The molecule has 0 atom stereocenters. The molecule has 5 heteroatoms. The number of nitrogens with zero attached hydrogens (tertiary/aromatic N) is 2. The molecule has 1 aliphatic rings. The van der Waals surface area contributed by atoms with E-state index in [1.807, 2.05) is 12.1 Å². The summed E-state index contributed by atoms with van der Waals surface area (Å²) in [4.78, 5) is 4.81. The van der Waals surface area contributed by atoms with E-state index in [9.17, 15) is 0 Å². The molecule has 1 saturated heterocycles. The van der Waals surface area contributed by atoms with Gasteiger partial charge < -0.3 is 19.1 Å². The Morgan fingerprint density at radius 2 is 1.62 bits per heavy atom. The smallest absolute Gasteiger partial charge is 0.162 e. The van der Waals surface area contributed by atoms with Gasteiger partial charge in [-0.1, -0.05) is 18.6 Å². The van der Waals surface area contributed by atoms with E-state index in [1.54, 1.807) is 14.2 Å². The van der Waals surface area contributed by atoms with Gasteiger partial charge in [-0.05, 0) is 62.7 Å². The molecule has 2 aromatic rings. The van der Waals surface area contributed by atoms with Crippen LogP contribution >= 0.6 is 0 Å². The molecule has 0 aliphatic carbocycles. The molecule has 0 unspecified atom stereocenters. The summed E-state index contributed by atoms with van der Waals surface area (Å²) in [5, 5.41) is 0. The van der Waals surface area contributed by atoms with Crippen LogP contribution in [0.15, 0.2) is 42.5 Å². The van der Waals surface area contributed by atoms with Gasteiger partial charge in [0, 0.05) is 31.4 Å². The van der Waals surface area contributed by atoms with Crippen molar-refractivity contribution in [2.75, 3.05) is 51.9 Å². The minimum Gasteiger partial charge on any atom is -0.493 e. The Hall–Kier alpha value is -2.40. The Labute approximate surface area is 175 Å². The predicted octanol–water partition coefficient (Wildman–Crippen LogP) is 4.60. The second-order valence-corrected chi connectivity index (χ2v) is 7.45. The average molecular weight is 399 g/mol. The molecule has 0 radical (unpaired) electrons. The SMILES string of the molecule is CCN(Cc1ccc(OCCN2CCCCC2)cc1)c1ccc(OC)c(OC)c1. The molecule has 29 heavy (non-hydrogen) atoms. The Morgan fingerprint density at radius 3 is 2.28 bits per heavy atom. The summed E-state index contributed by atoms with van der Waals surface area (Å²) in [5.41, 5.74) is 2.37. The number of likely N-dealkylation sites (tertiary alicyclic amines) is 1. The van der Waals surface area contributed by atoms with Gasteiger partial charge in [0.05, 0.1) is 14.2 Å². The first kappa shape index (κ1) is 21.3. The Morgan fingerprint density at radius 1 is 0.897 bits per heavy atom. The van der Waals surface area contributed by atoms with Gasteiger partial charge in [0.25, 0.3) is 0 Å². The number of benzene rings is 2. The number of piperidine rings is 1. The largest absolute Gasteiger partial charge is 0.493 e. The van der Waals surface area contributed by atoms with Crippen molar-refractivity contribution < 1.29 is 14.2 Å². The Kier molecular flexibility index (Phi) is 8.05. The first-order valence-electron chi connectivity index (χ1n) is 10.6. The quantitative estimate of drug-likeness (QED) is 0.584. The van der Waals surface area contributed by atoms with Crippen molar-refractivity contribution in [1.29, 1.82) is 0 Å². The van der Waals surface area contributed by atoms with Gasteiger partial charge in [0.1, 0.15) is 12.4 Å². The highest BCUT2D eigenvalue weighted by molar-refractivity contribution is 5.56. The third kappa shape index (κ3) is 6.04. The van der Waals surface area contributed by atoms with Gasteiger partial charge in [0.2, 0.25) is 0 Å². The summed E-state index contributed by atoms with van der Waals surface area (Å²) in [6.07, 6.45) is 4.02. The van der Waals surface area contributed by atoms with E-state index in [0.29, 0.717) is 0 Å².